The van der Waals surface area contributed by atoms with Crippen molar-refractivity contribution in [1.82, 2.24) is 5.32 Å². The van der Waals surface area contributed by atoms with E-state index in [1.807, 2.05) is 0 Å². The molecule has 0 aliphatic carbocycles. The normalized spacial score (nSPS) is 15.4. The smallest absolute Gasteiger partial charge is 0.343 e. The molecule has 1 saturated heterocycles. The summed E-state index contributed by atoms with van der Waals surface area (Å²) in [6.07, 6.45) is 2.52. The zero-order valence-corrected chi connectivity index (χ0v) is 19.4. The van der Waals surface area contributed by atoms with Gasteiger partial charge in [0.15, 0.2) is 16.7 Å². The average molecular weight is 484 g/mol. The molecule has 34 heavy (non-hydrogen) atoms. The molecule has 1 aliphatic heterocycles. The molecule has 0 unspecified atom stereocenters. The van der Waals surface area contributed by atoms with Crippen molar-refractivity contribution in [3.05, 3.63) is 64.6 Å². The number of hydrogen-bond donors (Lipinski definition) is 1. The molecule has 0 spiro atoms. The molecule has 1 fully saturated rings. The number of carbonyl (C=O) groups is 3. The third-order valence-electron chi connectivity index (χ3n) is 4.25. The highest BCUT2D eigenvalue weighted by Gasteiger charge is 2.25. The zero-order valence-electron chi connectivity index (χ0n) is 18.6. The van der Waals surface area contributed by atoms with E-state index in [0.29, 0.717) is 29.2 Å². The fourth-order valence-corrected chi connectivity index (χ4v) is 3.37. The van der Waals surface area contributed by atoms with Crippen LogP contribution < -0.4 is 19.5 Å². The minimum atomic E-state index is -0.640. The quantitative estimate of drug-likeness (QED) is 0.200. The Morgan fingerprint density at radius 1 is 1.09 bits per heavy atom. The molecule has 1 heterocycles. The van der Waals surface area contributed by atoms with Gasteiger partial charge >= 0.3 is 11.9 Å². The Labute approximate surface area is 199 Å². The van der Waals surface area contributed by atoms with Gasteiger partial charge in [-0.2, -0.15) is 5.10 Å². The number of benzene rings is 2. The molecule has 0 aromatic heterocycles. The first-order chi connectivity index (χ1) is 16.4. The van der Waals surface area contributed by atoms with Crippen LogP contribution in [0.2, 0.25) is 0 Å². The van der Waals surface area contributed by atoms with Gasteiger partial charge in [0.2, 0.25) is 0 Å². The second-order valence-electron chi connectivity index (χ2n) is 6.49. The molecule has 1 amide bonds. The van der Waals surface area contributed by atoms with Gasteiger partial charge in [-0.05, 0) is 66.7 Å². The lowest BCUT2D eigenvalue weighted by molar-refractivity contribution is -0.135. The number of esters is 2. The maximum Gasteiger partial charge on any atom is 0.343 e. The number of nitrogens with zero attached hydrogens (tertiary/aromatic N) is 2. The van der Waals surface area contributed by atoms with Crippen LogP contribution in [0.5, 0.6) is 17.2 Å². The fourth-order valence-electron chi connectivity index (χ4n) is 2.63. The van der Waals surface area contributed by atoms with Gasteiger partial charge in [0.1, 0.15) is 5.75 Å². The van der Waals surface area contributed by atoms with Crippen LogP contribution in [0.25, 0.3) is 0 Å². The number of rotatable bonds is 8. The van der Waals surface area contributed by atoms with Crippen LogP contribution in [-0.2, 0) is 14.3 Å². The van der Waals surface area contributed by atoms with Crippen LogP contribution in [0.3, 0.4) is 0 Å². The van der Waals surface area contributed by atoms with Gasteiger partial charge in [0.25, 0.3) is 5.91 Å². The molecule has 3 rings (SSSR count). The van der Waals surface area contributed by atoms with Crippen molar-refractivity contribution in [2.45, 2.75) is 6.92 Å². The standard InChI is InChI=1S/C23H21N3O7S/c1-4-32-18-11-14(13-24-26-23-25-21(28)19(34-23)12-20(27)31-3)5-10-17(18)33-22(29)15-6-8-16(30-2)9-7-15/h5-13H,4H2,1-3H3,(H,25,26,28)/b19-12+,24-13?. The van der Waals surface area contributed by atoms with Crippen molar-refractivity contribution in [2.24, 2.45) is 10.2 Å². The highest BCUT2D eigenvalue weighted by molar-refractivity contribution is 8.18. The summed E-state index contributed by atoms with van der Waals surface area (Å²) in [4.78, 5) is 35.8. The first kappa shape index (κ1) is 24.5. The van der Waals surface area contributed by atoms with E-state index in [1.165, 1.54) is 13.3 Å². The largest absolute Gasteiger partial charge is 0.497 e. The van der Waals surface area contributed by atoms with Crippen LogP contribution >= 0.6 is 11.8 Å². The molecule has 2 aromatic rings. The molecule has 0 bridgehead atoms. The summed E-state index contributed by atoms with van der Waals surface area (Å²) in [7, 11) is 2.76. The molecular weight excluding hydrogens is 462 g/mol. The number of hydrogen-bond acceptors (Lipinski definition) is 10. The number of amides is 1. The minimum absolute atomic E-state index is 0.155. The Morgan fingerprint density at radius 2 is 1.85 bits per heavy atom. The van der Waals surface area contributed by atoms with Gasteiger partial charge in [-0.3, -0.25) is 10.1 Å². The molecule has 10 nitrogen and oxygen atoms in total. The number of thioether (sulfide) groups is 1. The van der Waals surface area contributed by atoms with E-state index in [2.05, 4.69) is 20.3 Å². The van der Waals surface area contributed by atoms with Gasteiger partial charge in [-0.1, -0.05) is 0 Å². The number of amidine groups is 1. The number of ether oxygens (including phenoxy) is 4. The summed E-state index contributed by atoms with van der Waals surface area (Å²) < 4.78 is 20.7. The van der Waals surface area contributed by atoms with E-state index < -0.39 is 17.8 Å². The van der Waals surface area contributed by atoms with Gasteiger partial charge in [0.05, 0.1) is 37.5 Å². The summed E-state index contributed by atoms with van der Waals surface area (Å²) in [5, 5.41) is 10.6. The number of nitrogens with one attached hydrogen (secondary N) is 1. The minimum Gasteiger partial charge on any atom is -0.497 e. The Morgan fingerprint density at radius 3 is 2.53 bits per heavy atom. The van der Waals surface area contributed by atoms with E-state index in [0.717, 1.165) is 17.8 Å². The molecular formula is C23H21N3O7S. The van der Waals surface area contributed by atoms with Crippen LogP contribution in [0.1, 0.15) is 22.8 Å². The fraction of sp³-hybridized carbons (Fsp3) is 0.174. The predicted octanol–water partition coefficient (Wildman–Crippen LogP) is 2.92. The number of carbonyl (C=O) groups excluding carboxylic acids is 3. The van der Waals surface area contributed by atoms with Gasteiger partial charge in [0, 0.05) is 6.08 Å². The predicted molar refractivity (Wildman–Crippen MR) is 126 cm³/mol. The molecule has 0 atom stereocenters. The van der Waals surface area contributed by atoms with Crippen molar-refractivity contribution < 1.29 is 33.3 Å². The SMILES string of the molecule is CCOc1cc(C=N/N=C2/NC(=O)/C(=C\C(=O)OC)S2)ccc1OC(=O)c1ccc(OC)cc1. The van der Waals surface area contributed by atoms with Crippen molar-refractivity contribution in [2.75, 3.05) is 20.8 Å². The van der Waals surface area contributed by atoms with Crippen molar-refractivity contribution in [3.8, 4) is 17.2 Å². The van der Waals surface area contributed by atoms with Crippen LogP contribution in [-0.4, -0.2) is 50.1 Å². The lowest BCUT2D eigenvalue weighted by Gasteiger charge is -2.11. The van der Waals surface area contributed by atoms with Gasteiger partial charge < -0.3 is 18.9 Å². The monoisotopic (exact) mass is 483 g/mol. The summed E-state index contributed by atoms with van der Waals surface area (Å²) in [5.74, 6) is -0.411. The Balaban J connectivity index is 1.71. The van der Waals surface area contributed by atoms with E-state index >= 15 is 0 Å². The van der Waals surface area contributed by atoms with E-state index in [1.54, 1.807) is 56.5 Å². The lowest BCUT2D eigenvalue weighted by atomic mass is 10.2. The van der Waals surface area contributed by atoms with Crippen LogP contribution in [0, 0.1) is 0 Å². The number of methoxy groups -OCH3 is 2. The summed E-state index contributed by atoms with van der Waals surface area (Å²) >= 11 is 0.964. The Kier molecular flexibility index (Phi) is 8.41. The van der Waals surface area contributed by atoms with Crippen molar-refractivity contribution in [1.29, 1.82) is 0 Å². The van der Waals surface area contributed by atoms with Crippen molar-refractivity contribution in [3.63, 3.8) is 0 Å². The third-order valence-corrected chi connectivity index (χ3v) is 5.15. The molecule has 0 radical (unpaired) electrons. The van der Waals surface area contributed by atoms with E-state index in [4.69, 9.17) is 14.2 Å². The summed E-state index contributed by atoms with van der Waals surface area (Å²) in [6, 6.07) is 11.4. The maximum atomic E-state index is 12.5. The maximum absolute atomic E-state index is 12.5. The first-order valence-electron chi connectivity index (χ1n) is 9.96. The van der Waals surface area contributed by atoms with Crippen LogP contribution in [0.4, 0.5) is 0 Å². The molecule has 1 aliphatic rings. The van der Waals surface area contributed by atoms with Crippen molar-refractivity contribution >= 4 is 41.0 Å². The highest BCUT2D eigenvalue weighted by Crippen LogP contribution is 2.29. The van der Waals surface area contributed by atoms with Crippen LogP contribution in [0.15, 0.2) is 63.6 Å². The zero-order chi connectivity index (χ0) is 24.5. The average Bonchev–Trinajstić information content (AvgIpc) is 3.19. The lowest BCUT2D eigenvalue weighted by Crippen LogP contribution is -2.19. The second kappa shape index (κ2) is 11.7. The van der Waals surface area contributed by atoms with Gasteiger partial charge in [-0.15, -0.1) is 5.10 Å². The Bertz CT molecular complexity index is 1170. The highest BCUT2D eigenvalue weighted by atomic mass is 32.2. The summed E-state index contributed by atoms with van der Waals surface area (Å²) in [5.41, 5.74) is 0.984. The molecule has 176 valence electrons. The molecule has 0 saturated carbocycles. The topological polar surface area (TPSA) is 125 Å². The van der Waals surface area contributed by atoms with E-state index in [-0.39, 0.29) is 15.8 Å². The Hall–Kier alpha value is -4.12. The molecule has 2 aromatic carbocycles. The molecule has 1 N–H and O–H groups in total. The second-order valence-corrected chi connectivity index (χ2v) is 7.53. The van der Waals surface area contributed by atoms with E-state index in [9.17, 15) is 14.4 Å². The summed E-state index contributed by atoms with van der Waals surface area (Å²) in [6.45, 7) is 2.16. The molecule has 11 heteroatoms. The third kappa shape index (κ3) is 6.45. The van der Waals surface area contributed by atoms with Gasteiger partial charge in [-0.25, -0.2) is 9.59 Å². The first-order valence-corrected chi connectivity index (χ1v) is 10.8.